The van der Waals surface area contributed by atoms with Crippen molar-refractivity contribution in [1.82, 2.24) is 29.6 Å². The highest BCUT2D eigenvalue weighted by Gasteiger charge is 2.62. The van der Waals surface area contributed by atoms with E-state index in [1.807, 2.05) is 24.3 Å². The molecule has 0 unspecified atom stereocenters. The van der Waals surface area contributed by atoms with Crippen molar-refractivity contribution in [2.45, 2.75) is 94.7 Å². The van der Waals surface area contributed by atoms with Crippen molar-refractivity contribution in [3.05, 3.63) is 54.5 Å². The topological polar surface area (TPSA) is 195 Å². The van der Waals surface area contributed by atoms with Gasteiger partial charge in [0.25, 0.3) is 5.91 Å². The van der Waals surface area contributed by atoms with E-state index in [0.29, 0.717) is 31.3 Å². The lowest BCUT2D eigenvalue weighted by Gasteiger charge is -2.35. The van der Waals surface area contributed by atoms with Crippen molar-refractivity contribution in [1.29, 1.82) is 0 Å². The first-order valence-electron chi connectivity index (χ1n) is 17.2. The Bertz CT molecular complexity index is 1900. The van der Waals surface area contributed by atoms with Crippen molar-refractivity contribution >= 4 is 51.5 Å². The molecule has 6 rings (SSSR count). The molecule has 15 nitrogen and oxygen atoms in total. The number of nitrogens with zero attached hydrogens (tertiary/aromatic N) is 3. The third-order valence-electron chi connectivity index (χ3n) is 9.76. The van der Waals surface area contributed by atoms with Crippen LogP contribution in [0.1, 0.15) is 81.8 Å². The summed E-state index contributed by atoms with van der Waals surface area (Å²) in [6, 6.07) is 1.29. The Hall–Kier alpha value is -4.73. The minimum Gasteiger partial charge on any atom is -0.456 e. The van der Waals surface area contributed by atoms with E-state index in [0.717, 1.165) is 12.0 Å². The molecule has 274 valence electrons. The van der Waals surface area contributed by atoms with Gasteiger partial charge in [0.15, 0.2) is 5.69 Å². The van der Waals surface area contributed by atoms with Crippen LogP contribution >= 0.6 is 0 Å². The van der Waals surface area contributed by atoms with Crippen LogP contribution in [0.5, 0.6) is 0 Å². The van der Waals surface area contributed by atoms with Crippen LogP contribution < -0.4 is 15.4 Å². The molecule has 2 aliphatic heterocycles. The quantitative estimate of drug-likeness (QED) is 0.294. The van der Waals surface area contributed by atoms with Gasteiger partial charge in [0.05, 0.1) is 18.4 Å². The minimum atomic E-state index is -3.92. The van der Waals surface area contributed by atoms with Gasteiger partial charge in [-0.3, -0.25) is 19.1 Å². The summed E-state index contributed by atoms with van der Waals surface area (Å²) in [4.78, 5) is 74.0. The molecule has 2 saturated carbocycles. The molecule has 4 heterocycles. The summed E-state index contributed by atoms with van der Waals surface area (Å²) in [6.45, 7) is 8.91. The number of imidazole rings is 1. The zero-order valence-electron chi connectivity index (χ0n) is 28.9. The SMILES string of the molecule is C=C[C@@H]1C[C@]1(NC(=O)[C@H]1C[C@H]2CN1C(=O)[C@H](C(C)(C)C)NC(=O)OCCCCC=Cc1cccn3cc(nc13)C(=O)O2)C(=O)NS(=O)(=O)C1CC1. The number of hydrogen-bond donors (Lipinski definition) is 3. The first-order chi connectivity index (χ1) is 24.1. The van der Waals surface area contributed by atoms with Crippen LogP contribution in [-0.2, 0) is 33.9 Å². The maximum absolute atomic E-state index is 14.3. The molecule has 2 aromatic rings. The monoisotopic (exact) mass is 724 g/mol. The summed E-state index contributed by atoms with van der Waals surface area (Å²) in [5.41, 5.74) is -1.08. The Morgan fingerprint density at radius 1 is 1.18 bits per heavy atom. The third-order valence-corrected chi connectivity index (χ3v) is 11.6. The zero-order chi connectivity index (χ0) is 36.7. The number of fused-ring (bicyclic) bond motifs is 3. The highest BCUT2D eigenvalue weighted by molar-refractivity contribution is 7.91. The molecule has 51 heavy (non-hydrogen) atoms. The second-order valence-corrected chi connectivity index (χ2v) is 16.7. The number of esters is 1. The van der Waals surface area contributed by atoms with Crippen LogP contribution in [0, 0.1) is 11.3 Å². The van der Waals surface area contributed by atoms with Gasteiger partial charge in [-0.05, 0) is 56.1 Å². The van der Waals surface area contributed by atoms with Gasteiger partial charge in [-0.25, -0.2) is 23.0 Å². The van der Waals surface area contributed by atoms with E-state index in [1.165, 1.54) is 11.0 Å². The largest absolute Gasteiger partial charge is 0.456 e. The molecule has 0 aromatic carbocycles. The molecule has 0 radical (unpaired) electrons. The van der Waals surface area contributed by atoms with E-state index in [-0.39, 0.29) is 31.7 Å². The number of allylic oxidation sites excluding steroid dienone is 1. The van der Waals surface area contributed by atoms with Gasteiger partial charge in [0.1, 0.15) is 29.4 Å². The molecule has 3 fully saturated rings. The fourth-order valence-corrected chi connectivity index (χ4v) is 7.95. The zero-order valence-corrected chi connectivity index (χ0v) is 29.7. The number of ether oxygens (including phenoxy) is 2. The van der Waals surface area contributed by atoms with E-state index < -0.39 is 80.1 Å². The number of hydrogen-bond acceptors (Lipinski definition) is 10. The number of amides is 4. The number of pyridine rings is 1. The number of carbonyl (C=O) groups is 5. The lowest BCUT2D eigenvalue weighted by Crippen LogP contribution is -2.60. The van der Waals surface area contributed by atoms with Crippen molar-refractivity contribution < 1.29 is 41.9 Å². The van der Waals surface area contributed by atoms with Gasteiger partial charge >= 0.3 is 12.1 Å². The molecule has 5 atom stereocenters. The summed E-state index contributed by atoms with van der Waals surface area (Å²) in [6.07, 6.45) is 9.76. The predicted octanol–water partition coefficient (Wildman–Crippen LogP) is 2.47. The van der Waals surface area contributed by atoms with Gasteiger partial charge in [-0.2, -0.15) is 0 Å². The number of nitrogens with one attached hydrogen (secondary N) is 3. The predicted molar refractivity (Wildman–Crippen MR) is 184 cm³/mol. The van der Waals surface area contributed by atoms with Gasteiger partial charge in [-0.1, -0.05) is 39.0 Å². The van der Waals surface area contributed by atoms with Crippen LogP contribution in [0.15, 0.2) is 43.3 Å². The molecular formula is C35H44N6O9S. The fraction of sp³-hybridized carbons (Fsp3) is 0.543. The number of alkyl carbamates (subject to hydrolysis) is 1. The van der Waals surface area contributed by atoms with Crippen LogP contribution in [0.2, 0.25) is 0 Å². The van der Waals surface area contributed by atoms with E-state index in [1.54, 1.807) is 37.6 Å². The van der Waals surface area contributed by atoms with Crippen molar-refractivity contribution in [2.24, 2.45) is 11.3 Å². The molecule has 0 spiro atoms. The van der Waals surface area contributed by atoms with Crippen LogP contribution in [0.3, 0.4) is 0 Å². The maximum Gasteiger partial charge on any atom is 0.407 e. The van der Waals surface area contributed by atoms with Gasteiger partial charge < -0.3 is 29.4 Å². The Morgan fingerprint density at radius 3 is 2.63 bits per heavy atom. The number of sulfonamides is 1. The number of carbonyl (C=O) groups excluding carboxylic acids is 5. The van der Waals surface area contributed by atoms with Crippen LogP contribution in [0.25, 0.3) is 11.7 Å². The molecule has 3 N–H and O–H groups in total. The fourth-order valence-electron chi connectivity index (χ4n) is 6.58. The average Bonchev–Trinajstić information content (AvgIpc) is 3.96. The van der Waals surface area contributed by atoms with Gasteiger partial charge in [0.2, 0.25) is 21.8 Å². The van der Waals surface area contributed by atoms with E-state index in [4.69, 9.17) is 9.47 Å². The molecule has 16 heteroatoms. The highest BCUT2D eigenvalue weighted by atomic mass is 32.2. The average molecular weight is 725 g/mol. The van der Waals surface area contributed by atoms with Crippen molar-refractivity contribution in [3.63, 3.8) is 0 Å². The van der Waals surface area contributed by atoms with Crippen LogP contribution in [0.4, 0.5) is 4.79 Å². The number of aromatic nitrogens is 2. The summed E-state index contributed by atoms with van der Waals surface area (Å²) in [5.74, 6) is -3.57. The second kappa shape index (κ2) is 13.8. The van der Waals surface area contributed by atoms with Crippen molar-refractivity contribution in [2.75, 3.05) is 13.2 Å². The Morgan fingerprint density at radius 2 is 1.94 bits per heavy atom. The van der Waals surface area contributed by atoms with E-state index >= 15 is 0 Å². The van der Waals surface area contributed by atoms with Gasteiger partial charge in [0, 0.05) is 30.3 Å². The number of rotatable bonds is 6. The third kappa shape index (κ3) is 7.65. The minimum absolute atomic E-state index is 0.0345. The molecule has 2 aromatic heterocycles. The summed E-state index contributed by atoms with van der Waals surface area (Å²) < 4.78 is 40.3. The normalized spacial score (nSPS) is 27.7. The molecule has 2 aliphatic carbocycles. The molecule has 4 aliphatic rings. The van der Waals surface area contributed by atoms with Crippen molar-refractivity contribution in [3.8, 4) is 0 Å². The highest BCUT2D eigenvalue weighted by Crippen LogP contribution is 2.45. The summed E-state index contributed by atoms with van der Waals surface area (Å²) in [5, 5.41) is 4.72. The van der Waals surface area contributed by atoms with E-state index in [2.05, 4.69) is 26.9 Å². The standard InChI is InChI=1S/C35H44N6O9S/c1-5-22-18-35(22,32(45)39-51(47,48)24-13-14-24)38-29(42)26-17-23-19-41(26)30(43)27(34(2,3)4)37-33(46)49-16-9-7-6-8-11-21-12-10-15-40-20-25(31(44)50-23)36-28(21)40/h5,8,10-12,15,20,22-24,26-27H,1,6-7,9,13-14,16-19H2,2-4H3,(H,37,46)(H,38,42)(H,39,45)/t22-,23+,26-,27-,35-/m1/s1. The Kier molecular flexibility index (Phi) is 9.74. The second-order valence-electron chi connectivity index (χ2n) is 14.7. The van der Waals surface area contributed by atoms with Gasteiger partial charge in [-0.15, -0.1) is 6.58 Å². The Balaban J connectivity index is 1.30. The Labute approximate surface area is 296 Å². The molecule has 4 bridgehead atoms. The maximum atomic E-state index is 14.3. The lowest BCUT2D eigenvalue weighted by molar-refractivity contribution is -0.142. The first kappa shape index (κ1) is 36.1. The first-order valence-corrected chi connectivity index (χ1v) is 18.8. The van der Waals surface area contributed by atoms with Crippen LogP contribution in [-0.4, -0.2) is 94.6 Å². The molecular weight excluding hydrogens is 680 g/mol. The summed E-state index contributed by atoms with van der Waals surface area (Å²) in [7, 11) is -3.92. The van der Waals surface area contributed by atoms with E-state index in [9.17, 15) is 32.4 Å². The molecule has 1 saturated heterocycles. The lowest BCUT2D eigenvalue weighted by atomic mass is 9.85. The summed E-state index contributed by atoms with van der Waals surface area (Å²) >= 11 is 0. The smallest absolute Gasteiger partial charge is 0.407 e. The molecule has 4 amide bonds. The number of cyclic esters (lactones) is 1.